The second-order valence-corrected chi connectivity index (χ2v) is 19.1. The molecule has 9 atom stereocenters. The minimum absolute atomic E-state index is 0.0189. The number of rotatable bonds is 6. The molecule has 0 saturated heterocycles. The standard InChI is InChI=1S/C35H54N2O8S/c1-30(2)24-11-14-35(7)28(33(24,5)13-12-25(30)45-27(41)10-9-26(39)40)23(38)19-21-22-20-32(4,36-29(42)37-46(8,43)44)17-15-31(22,3)16-18-34(21,35)6/h19,22,24-25,28H,9-18,20H2,1-8H3,(H,39,40)(H2,36,37,42)/t22-,24-,25-,28+,31+,32-,33-,34+,35+/m0/s1. The zero-order valence-corrected chi connectivity index (χ0v) is 29.7. The lowest BCUT2D eigenvalue weighted by Gasteiger charge is -2.70. The number of ether oxygens (including phenoxy) is 1. The molecule has 0 bridgehead atoms. The monoisotopic (exact) mass is 662 g/mol. The third kappa shape index (κ3) is 5.60. The molecular formula is C35H54N2O8S. The molecule has 5 rings (SSSR count). The lowest BCUT2D eigenvalue weighted by Crippen LogP contribution is -2.67. The van der Waals surface area contributed by atoms with Crippen LogP contribution in [0.15, 0.2) is 11.6 Å². The first-order valence-corrected chi connectivity index (χ1v) is 18.9. The predicted octanol–water partition coefficient (Wildman–Crippen LogP) is 5.75. The zero-order valence-electron chi connectivity index (χ0n) is 28.9. The van der Waals surface area contributed by atoms with E-state index in [1.54, 1.807) is 0 Å². The molecule has 0 radical (unpaired) electrons. The number of carboxylic acid groups (broad SMARTS) is 1. The fourth-order valence-electron chi connectivity index (χ4n) is 11.4. The van der Waals surface area contributed by atoms with E-state index in [2.05, 4.69) is 51.6 Å². The molecular weight excluding hydrogens is 608 g/mol. The molecule has 4 fully saturated rings. The molecule has 5 aliphatic rings. The molecule has 4 saturated carbocycles. The van der Waals surface area contributed by atoms with Crippen LogP contribution in [0.5, 0.6) is 0 Å². The molecule has 5 aliphatic carbocycles. The Morgan fingerprint density at radius 2 is 1.59 bits per heavy atom. The number of amides is 2. The summed E-state index contributed by atoms with van der Waals surface area (Å²) in [5.41, 5.74) is -0.619. The first-order chi connectivity index (χ1) is 21.0. The van der Waals surface area contributed by atoms with Gasteiger partial charge in [-0.15, -0.1) is 0 Å². The normalized spacial score (nSPS) is 43.0. The highest BCUT2D eigenvalue weighted by molar-refractivity contribution is 7.89. The number of urea groups is 1. The smallest absolute Gasteiger partial charge is 0.328 e. The van der Waals surface area contributed by atoms with E-state index in [9.17, 15) is 27.6 Å². The quantitative estimate of drug-likeness (QED) is 0.304. The molecule has 0 aromatic carbocycles. The van der Waals surface area contributed by atoms with Crippen LogP contribution in [0.2, 0.25) is 0 Å². The first-order valence-electron chi connectivity index (χ1n) is 17.0. The van der Waals surface area contributed by atoms with E-state index in [-0.39, 0.29) is 69.6 Å². The van der Waals surface area contributed by atoms with Gasteiger partial charge in [-0.3, -0.25) is 14.4 Å². The van der Waals surface area contributed by atoms with Crippen molar-refractivity contribution < 1.29 is 37.4 Å². The third-order valence-corrected chi connectivity index (χ3v) is 14.6. The van der Waals surface area contributed by atoms with Gasteiger partial charge in [0.2, 0.25) is 10.0 Å². The van der Waals surface area contributed by atoms with Crippen molar-refractivity contribution in [1.29, 1.82) is 0 Å². The van der Waals surface area contributed by atoms with Gasteiger partial charge in [-0.2, -0.15) is 0 Å². The topological polar surface area (TPSA) is 156 Å². The molecule has 0 aromatic rings. The summed E-state index contributed by atoms with van der Waals surface area (Å²) in [4.78, 5) is 50.9. The number of nitrogens with one attached hydrogen (secondary N) is 2. The Morgan fingerprint density at radius 3 is 2.22 bits per heavy atom. The second-order valence-electron chi connectivity index (χ2n) is 17.3. The largest absolute Gasteiger partial charge is 0.481 e. The predicted molar refractivity (Wildman–Crippen MR) is 173 cm³/mol. The van der Waals surface area contributed by atoms with E-state index in [0.717, 1.165) is 51.2 Å². The molecule has 258 valence electrons. The molecule has 2 amide bonds. The van der Waals surface area contributed by atoms with Crippen LogP contribution >= 0.6 is 0 Å². The maximum absolute atomic E-state index is 14.6. The van der Waals surface area contributed by atoms with Gasteiger partial charge in [0.1, 0.15) is 6.10 Å². The van der Waals surface area contributed by atoms with Crippen LogP contribution in [-0.4, -0.2) is 55.2 Å². The Kier molecular flexibility index (Phi) is 8.39. The lowest BCUT2D eigenvalue weighted by atomic mass is 9.33. The summed E-state index contributed by atoms with van der Waals surface area (Å²) in [5, 5.41) is 12.0. The van der Waals surface area contributed by atoms with Gasteiger partial charge >= 0.3 is 18.0 Å². The molecule has 0 spiro atoms. The second kappa shape index (κ2) is 11.1. The van der Waals surface area contributed by atoms with Crippen LogP contribution in [-0.2, 0) is 29.1 Å². The maximum Gasteiger partial charge on any atom is 0.328 e. The SMILES string of the molecule is CC1(C)[C@@H](OC(=O)CCC(=O)O)CC[C@]2(C)[C@H]3C(=O)C=C4[C@@H]5C[C@@](C)(NC(=O)NS(C)(=O)=O)CC[C@]5(C)CC[C@@]4(C)[C@]3(C)CC[C@@H]12. The number of ketones is 1. The van der Waals surface area contributed by atoms with E-state index in [4.69, 9.17) is 9.84 Å². The van der Waals surface area contributed by atoms with Gasteiger partial charge in [-0.25, -0.2) is 17.9 Å². The number of fused-ring (bicyclic) bond motifs is 7. The summed E-state index contributed by atoms with van der Waals surface area (Å²) in [7, 11) is -3.70. The van der Waals surface area contributed by atoms with Crippen molar-refractivity contribution >= 4 is 33.8 Å². The lowest BCUT2D eigenvalue weighted by molar-refractivity contribution is -0.210. The molecule has 11 heteroatoms. The van der Waals surface area contributed by atoms with Crippen molar-refractivity contribution in [3.8, 4) is 0 Å². The van der Waals surface area contributed by atoms with E-state index in [1.807, 2.05) is 13.0 Å². The Hall–Kier alpha value is -2.43. The summed E-state index contributed by atoms with van der Waals surface area (Å²) >= 11 is 0. The van der Waals surface area contributed by atoms with Crippen molar-refractivity contribution in [2.45, 2.75) is 131 Å². The average Bonchev–Trinajstić information content (AvgIpc) is 2.90. The van der Waals surface area contributed by atoms with Crippen LogP contribution in [0.3, 0.4) is 0 Å². The maximum atomic E-state index is 14.6. The Labute approximate surface area is 274 Å². The van der Waals surface area contributed by atoms with E-state index in [1.165, 1.54) is 5.57 Å². The number of carbonyl (C=O) groups is 4. The average molecular weight is 663 g/mol. The van der Waals surface area contributed by atoms with Crippen molar-refractivity contribution in [2.75, 3.05) is 6.26 Å². The van der Waals surface area contributed by atoms with Crippen LogP contribution in [0.25, 0.3) is 0 Å². The Bertz CT molecular complexity index is 1470. The Morgan fingerprint density at radius 1 is 0.935 bits per heavy atom. The van der Waals surface area contributed by atoms with E-state index < -0.39 is 33.5 Å². The van der Waals surface area contributed by atoms with Gasteiger partial charge in [0, 0.05) is 16.9 Å². The van der Waals surface area contributed by atoms with Crippen molar-refractivity contribution in [3.05, 3.63) is 11.6 Å². The summed E-state index contributed by atoms with van der Waals surface area (Å²) < 4.78 is 31.4. The van der Waals surface area contributed by atoms with Crippen molar-refractivity contribution in [1.82, 2.24) is 10.0 Å². The summed E-state index contributed by atoms with van der Waals surface area (Å²) in [6.45, 7) is 15.6. The number of carboxylic acids is 1. The highest BCUT2D eigenvalue weighted by Crippen LogP contribution is 2.75. The number of sulfonamides is 1. The molecule has 10 nitrogen and oxygen atoms in total. The number of esters is 1. The Balaban J connectivity index is 1.45. The summed E-state index contributed by atoms with van der Waals surface area (Å²) in [6.07, 6.45) is 9.60. The first kappa shape index (κ1) is 34.9. The van der Waals surface area contributed by atoms with E-state index >= 15 is 0 Å². The number of allylic oxidation sites excluding steroid dienone is 2. The number of hydrogen-bond acceptors (Lipinski definition) is 7. The highest BCUT2D eigenvalue weighted by atomic mass is 32.2. The summed E-state index contributed by atoms with van der Waals surface area (Å²) in [5.74, 6) is -1.29. The van der Waals surface area contributed by atoms with Crippen LogP contribution in [0.1, 0.15) is 119 Å². The van der Waals surface area contributed by atoms with Crippen LogP contribution in [0, 0.1) is 44.8 Å². The summed E-state index contributed by atoms with van der Waals surface area (Å²) in [6, 6.07) is -0.718. The van der Waals surface area contributed by atoms with Crippen LogP contribution in [0.4, 0.5) is 4.79 Å². The van der Waals surface area contributed by atoms with E-state index in [0.29, 0.717) is 12.8 Å². The fourth-order valence-corrected chi connectivity index (χ4v) is 11.8. The number of hydrogen-bond donors (Lipinski definition) is 3. The number of aliphatic carboxylic acids is 1. The van der Waals surface area contributed by atoms with Gasteiger partial charge in [-0.05, 0) is 104 Å². The minimum Gasteiger partial charge on any atom is -0.481 e. The highest BCUT2D eigenvalue weighted by Gasteiger charge is 2.70. The van der Waals surface area contributed by atoms with Crippen LogP contribution < -0.4 is 10.0 Å². The van der Waals surface area contributed by atoms with Gasteiger partial charge in [0.15, 0.2) is 5.78 Å². The van der Waals surface area contributed by atoms with Gasteiger partial charge in [-0.1, -0.05) is 47.1 Å². The molecule has 46 heavy (non-hydrogen) atoms. The molecule has 0 unspecified atom stereocenters. The van der Waals surface area contributed by atoms with Crippen molar-refractivity contribution in [3.63, 3.8) is 0 Å². The molecule has 3 N–H and O–H groups in total. The third-order valence-electron chi connectivity index (χ3n) is 14.0. The van der Waals surface area contributed by atoms with Gasteiger partial charge in [0.05, 0.1) is 19.1 Å². The fraction of sp³-hybridized carbons (Fsp3) is 0.829. The van der Waals surface area contributed by atoms with Gasteiger partial charge in [0.25, 0.3) is 0 Å². The van der Waals surface area contributed by atoms with Gasteiger partial charge < -0.3 is 15.2 Å². The molecule has 0 aromatic heterocycles. The molecule has 0 heterocycles. The minimum atomic E-state index is -3.70. The van der Waals surface area contributed by atoms with Crippen molar-refractivity contribution in [2.24, 2.45) is 44.8 Å². The molecule has 0 aliphatic heterocycles. The zero-order chi connectivity index (χ0) is 34.3. The number of carbonyl (C=O) groups excluding carboxylic acids is 3.